The van der Waals surface area contributed by atoms with Crippen molar-refractivity contribution >= 4 is 5.78 Å². The van der Waals surface area contributed by atoms with Crippen LogP contribution in [0.15, 0.2) is 0 Å². The fraction of sp³-hybridized carbons (Fsp3) is 0.909. The molecule has 1 aliphatic heterocycles. The lowest BCUT2D eigenvalue weighted by molar-refractivity contribution is -0.131. The van der Waals surface area contributed by atoms with E-state index in [2.05, 4.69) is 25.7 Å². The van der Waals surface area contributed by atoms with Crippen molar-refractivity contribution in [3.63, 3.8) is 0 Å². The van der Waals surface area contributed by atoms with Gasteiger partial charge >= 0.3 is 0 Å². The van der Waals surface area contributed by atoms with E-state index in [-0.39, 0.29) is 5.41 Å². The minimum absolute atomic E-state index is 0.105. The number of likely N-dealkylation sites (tertiary alicyclic amines) is 1. The summed E-state index contributed by atoms with van der Waals surface area (Å²) in [6, 6.07) is 0. The van der Waals surface area contributed by atoms with Crippen molar-refractivity contribution in [1.82, 2.24) is 4.90 Å². The van der Waals surface area contributed by atoms with E-state index >= 15 is 0 Å². The lowest BCUT2D eigenvalue weighted by Gasteiger charge is -2.36. The Bertz CT molecular complexity index is 187. The van der Waals surface area contributed by atoms with Gasteiger partial charge in [-0.05, 0) is 13.0 Å². The third kappa shape index (κ3) is 2.80. The highest BCUT2D eigenvalue weighted by Crippen LogP contribution is 2.25. The molecule has 0 amide bonds. The first-order valence-corrected chi connectivity index (χ1v) is 5.32. The van der Waals surface area contributed by atoms with Gasteiger partial charge in [0.05, 0.1) is 0 Å². The highest BCUT2D eigenvalue weighted by Gasteiger charge is 2.33. The summed E-state index contributed by atoms with van der Waals surface area (Å²) in [6.07, 6.45) is 3.24. The number of ketones is 1. The highest BCUT2D eigenvalue weighted by molar-refractivity contribution is 5.85. The van der Waals surface area contributed by atoms with E-state index in [0.29, 0.717) is 5.78 Å². The molecule has 13 heavy (non-hydrogen) atoms. The fourth-order valence-electron chi connectivity index (χ4n) is 1.90. The van der Waals surface area contributed by atoms with Gasteiger partial charge in [-0.1, -0.05) is 27.2 Å². The molecule has 0 N–H and O–H groups in total. The summed E-state index contributed by atoms with van der Waals surface area (Å²) in [5.41, 5.74) is -0.105. The quantitative estimate of drug-likeness (QED) is 0.667. The molecule has 0 aromatic rings. The molecule has 0 saturated carbocycles. The topological polar surface area (TPSA) is 20.3 Å². The normalized spacial score (nSPS) is 23.5. The molecule has 0 aromatic carbocycles. The standard InChI is InChI=1S/C11H21NO/c1-4-5-7-12-8-6-10(13)11(2,3)9-12/h4-9H2,1-3H3. The third-order valence-electron chi connectivity index (χ3n) is 2.86. The molecule has 0 unspecified atom stereocenters. The first kappa shape index (κ1) is 10.7. The summed E-state index contributed by atoms with van der Waals surface area (Å²) in [4.78, 5) is 13.9. The second-order valence-corrected chi connectivity index (χ2v) is 4.69. The van der Waals surface area contributed by atoms with Crippen LogP contribution in [0.2, 0.25) is 0 Å². The van der Waals surface area contributed by atoms with Crippen molar-refractivity contribution in [2.75, 3.05) is 19.6 Å². The fourth-order valence-corrected chi connectivity index (χ4v) is 1.90. The number of nitrogens with zero attached hydrogens (tertiary/aromatic N) is 1. The molecule has 0 radical (unpaired) electrons. The van der Waals surface area contributed by atoms with Crippen molar-refractivity contribution in [1.29, 1.82) is 0 Å². The Labute approximate surface area is 81.3 Å². The number of hydrogen-bond acceptors (Lipinski definition) is 2. The van der Waals surface area contributed by atoms with Crippen molar-refractivity contribution in [3.8, 4) is 0 Å². The van der Waals surface area contributed by atoms with Crippen LogP contribution in [0.1, 0.15) is 40.0 Å². The predicted octanol–water partition coefficient (Wildman–Crippen LogP) is 2.09. The smallest absolute Gasteiger partial charge is 0.141 e. The van der Waals surface area contributed by atoms with E-state index in [1.54, 1.807) is 0 Å². The van der Waals surface area contributed by atoms with Gasteiger partial charge in [-0.3, -0.25) is 4.79 Å². The molecule has 0 aromatic heterocycles. The summed E-state index contributed by atoms with van der Waals surface area (Å²) in [5.74, 6) is 0.431. The molecule has 0 bridgehead atoms. The Morgan fingerprint density at radius 1 is 1.46 bits per heavy atom. The average molecular weight is 183 g/mol. The van der Waals surface area contributed by atoms with Crippen LogP contribution in [-0.2, 0) is 4.79 Å². The van der Waals surface area contributed by atoms with Gasteiger partial charge < -0.3 is 4.90 Å². The third-order valence-corrected chi connectivity index (χ3v) is 2.86. The van der Waals surface area contributed by atoms with Gasteiger partial charge in [0.1, 0.15) is 5.78 Å². The van der Waals surface area contributed by atoms with Crippen LogP contribution in [0.25, 0.3) is 0 Å². The molecule has 1 saturated heterocycles. The maximum Gasteiger partial charge on any atom is 0.141 e. The van der Waals surface area contributed by atoms with Crippen LogP contribution in [0.5, 0.6) is 0 Å². The Morgan fingerprint density at radius 2 is 2.15 bits per heavy atom. The molecule has 0 atom stereocenters. The molecule has 1 fully saturated rings. The number of hydrogen-bond donors (Lipinski definition) is 0. The Morgan fingerprint density at radius 3 is 2.69 bits per heavy atom. The Hall–Kier alpha value is -0.370. The van der Waals surface area contributed by atoms with Crippen molar-refractivity contribution in [2.45, 2.75) is 40.0 Å². The summed E-state index contributed by atoms with van der Waals surface area (Å²) >= 11 is 0. The number of unbranched alkanes of at least 4 members (excludes halogenated alkanes) is 1. The minimum Gasteiger partial charge on any atom is -0.302 e. The number of Topliss-reactive ketones (excluding diaryl/α,β-unsaturated/α-hetero) is 1. The molecule has 0 aliphatic carbocycles. The number of carbonyl (C=O) groups is 1. The Kier molecular flexibility index (Phi) is 3.48. The zero-order valence-corrected chi connectivity index (χ0v) is 9.10. The summed E-state index contributed by atoms with van der Waals surface area (Å²) in [7, 11) is 0. The zero-order chi connectivity index (χ0) is 9.90. The van der Waals surface area contributed by atoms with E-state index in [1.807, 2.05) is 0 Å². The van der Waals surface area contributed by atoms with Gasteiger partial charge in [-0.15, -0.1) is 0 Å². The monoisotopic (exact) mass is 183 g/mol. The molecule has 1 heterocycles. The highest BCUT2D eigenvalue weighted by atomic mass is 16.1. The average Bonchev–Trinajstić information content (AvgIpc) is 2.07. The molecule has 1 aliphatic rings. The minimum atomic E-state index is -0.105. The van der Waals surface area contributed by atoms with E-state index in [9.17, 15) is 4.79 Å². The maximum absolute atomic E-state index is 11.5. The second-order valence-electron chi connectivity index (χ2n) is 4.69. The summed E-state index contributed by atoms with van der Waals surface area (Å²) in [6.45, 7) is 9.42. The second kappa shape index (κ2) is 4.23. The first-order valence-electron chi connectivity index (χ1n) is 5.32. The van der Waals surface area contributed by atoms with E-state index in [4.69, 9.17) is 0 Å². The molecule has 0 spiro atoms. The molecule has 2 heteroatoms. The number of carbonyl (C=O) groups excluding carboxylic acids is 1. The number of piperidine rings is 1. The number of rotatable bonds is 3. The SMILES string of the molecule is CCCCN1CCC(=O)C(C)(C)C1. The molecule has 1 rings (SSSR count). The van der Waals surface area contributed by atoms with Gasteiger partial charge in [0, 0.05) is 24.9 Å². The molecular weight excluding hydrogens is 162 g/mol. The van der Waals surface area contributed by atoms with E-state index in [1.165, 1.54) is 12.8 Å². The maximum atomic E-state index is 11.5. The van der Waals surface area contributed by atoms with Gasteiger partial charge in [-0.25, -0.2) is 0 Å². The van der Waals surface area contributed by atoms with Crippen LogP contribution in [0, 0.1) is 5.41 Å². The molecule has 2 nitrogen and oxygen atoms in total. The van der Waals surface area contributed by atoms with Gasteiger partial charge in [0.2, 0.25) is 0 Å². The van der Waals surface area contributed by atoms with Crippen molar-refractivity contribution in [2.24, 2.45) is 5.41 Å². The van der Waals surface area contributed by atoms with Crippen LogP contribution in [0.3, 0.4) is 0 Å². The lowest BCUT2D eigenvalue weighted by atomic mass is 9.83. The van der Waals surface area contributed by atoms with E-state index < -0.39 is 0 Å². The Balaban J connectivity index is 2.41. The summed E-state index contributed by atoms with van der Waals surface area (Å²) < 4.78 is 0. The predicted molar refractivity (Wildman–Crippen MR) is 54.8 cm³/mol. The zero-order valence-electron chi connectivity index (χ0n) is 9.10. The van der Waals surface area contributed by atoms with Crippen LogP contribution < -0.4 is 0 Å². The lowest BCUT2D eigenvalue weighted by Crippen LogP contribution is -2.46. The van der Waals surface area contributed by atoms with Gasteiger partial charge in [0.25, 0.3) is 0 Å². The van der Waals surface area contributed by atoms with Crippen LogP contribution in [-0.4, -0.2) is 30.3 Å². The summed E-state index contributed by atoms with van der Waals surface area (Å²) in [5, 5.41) is 0. The van der Waals surface area contributed by atoms with Crippen LogP contribution >= 0.6 is 0 Å². The first-order chi connectivity index (χ1) is 6.06. The van der Waals surface area contributed by atoms with Crippen LogP contribution in [0.4, 0.5) is 0 Å². The largest absolute Gasteiger partial charge is 0.302 e. The van der Waals surface area contributed by atoms with Gasteiger partial charge in [0.15, 0.2) is 0 Å². The molecule has 76 valence electrons. The van der Waals surface area contributed by atoms with E-state index in [0.717, 1.165) is 26.1 Å². The van der Waals surface area contributed by atoms with Crippen molar-refractivity contribution in [3.05, 3.63) is 0 Å². The van der Waals surface area contributed by atoms with Crippen molar-refractivity contribution < 1.29 is 4.79 Å². The van der Waals surface area contributed by atoms with Gasteiger partial charge in [-0.2, -0.15) is 0 Å². The molecular formula is C11H21NO.